The molecule has 19 heavy (non-hydrogen) atoms. The maximum atomic E-state index is 12.2. The Balaban J connectivity index is 2.00. The molecule has 2 N–H and O–H groups in total. The average molecular weight is 262 g/mol. The number of rotatable bonds is 6. The predicted octanol–water partition coefficient (Wildman–Crippen LogP) is 1.02. The SMILES string of the molecule is CNCCCNC(=O)c1cccnc1N1CCCC1. The van der Waals surface area contributed by atoms with E-state index in [2.05, 4.69) is 20.5 Å². The van der Waals surface area contributed by atoms with E-state index in [0.29, 0.717) is 12.1 Å². The van der Waals surface area contributed by atoms with Gasteiger partial charge in [-0.25, -0.2) is 4.98 Å². The van der Waals surface area contributed by atoms with E-state index in [4.69, 9.17) is 0 Å². The van der Waals surface area contributed by atoms with Crippen molar-refractivity contribution >= 4 is 11.7 Å². The summed E-state index contributed by atoms with van der Waals surface area (Å²) in [6, 6.07) is 3.68. The third-order valence-electron chi connectivity index (χ3n) is 3.33. The largest absolute Gasteiger partial charge is 0.356 e. The van der Waals surface area contributed by atoms with Gasteiger partial charge in [0, 0.05) is 25.8 Å². The first-order valence-electron chi connectivity index (χ1n) is 6.95. The van der Waals surface area contributed by atoms with Gasteiger partial charge >= 0.3 is 0 Å². The Labute approximate surface area is 114 Å². The predicted molar refractivity (Wildman–Crippen MR) is 76.6 cm³/mol. The number of anilines is 1. The van der Waals surface area contributed by atoms with Gasteiger partial charge in [-0.2, -0.15) is 0 Å². The average Bonchev–Trinajstić information content (AvgIpc) is 2.97. The van der Waals surface area contributed by atoms with Crippen molar-refractivity contribution in [2.45, 2.75) is 19.3 Å². The third-order valence-corrected chi connectivity index (χ3v) is 3.33. The second-order valence-electron chi connectivity index (χ2n) is 4.78. The van der Waals surface area contributed by atoms with Gasteiger partial charge in [-0.05, 0) is 45.0 Å². The number of carbonyl (C=O) groups is 1. The van der Waals surface area contributed by atoms with Gasteiger partial charge in [-0.1, -0.05) is 0 Å². The van der Waals surface area contributed by atoms with Crippen molar-refractivity contribution in [1.82, 2.24) is 15.6 Å². The van der Waals surface area contributed by atoms with E-state index in [1.54, 1.807) is 6.20 Å². The molecule has 0 aliphatic carbocycles. The zero-order valence-corrected chi connectivity index (χ0v) is 11.5. The van der Waals surface area contributed by atoms with E-state index in [1.165, 1.54) is 12.8 Å². The van der Waals surface area contributed by atoms with Crippen LogP contribution < -0.4 is 15.5 Å². The Morgan fingerprint density at radius 2 is 2.16 bits per heavy atom. The number of carbonyl (C=O) groups excluding carboxylic acids is 1. The number of amides is 1. The molecule has 1 aliphatic rings. The van der Waals surface area contributed by atoms with E-state index in [9.17, 15) is 4.79 Å². The molecule has 0 spiro atoms. The number of nitrogens with zero attached hydrogens (tertiary/aromatic N) is 2. The van der Waals surface area contributed by atoms with Gasteiger partial charge in [0.15, 0.2) is 0 Å². The first-order valence-corrected chi connectivity index (χ1v) is 6.95. The number of hydrogen-bond acceptors (Lipinski definition) is 4. The van der Waals surface area contributed by atoms with Gasteiger partial charge in [0.05, 0.1) is 5.56 Å². The molecule has 5 heteroatoms. The molecule has 2 rings (SSSR count). The van der Waals surface area contributed by atoms with E-state index < -0.39 is 0 Å². The molecule has 1 aliphatic heterocycles. The zero-order valence-electron chi connectivity index (χ0n) is 11.5. The van der Waals surface area contributed by atoms with Gasteiger partial charge in [0.2, 0.25) is 0 Å². The highest BCUT2D eigenvalue weighted by molar-refractivity contribution is 5.98. The number of aromatic nitrogens is 1. The Bertz CT molecular complexity index is 416. The molecule has 0 saturated carbocycles. The maximum absolute atomic E-state index is 12.2. The zero-order chi connectivity index (χ0) is 13.5. The lowest BCUT2D eigenvalue weighted by molar-refractivity contribution is 0.0953. The Hall–Kier alpha value is -1.62. The quantitative estimate of drug-likeness (QED) is 0.752. The standard InChI is InChI=1S/C14H22N4O/c1-15-7-5-9-17-14(19)12-6-4-8-16-13(12)18-10-2-3-11-18/h4,6,8,15H,2-3,5,7,9-11H2,1H3,(H,17,19). The van der Waals surface area contributed by atoms with Gasteiger partial charge in [-0.15, -0.1) is 0 Å². The fourth-order valence-electron chi connectivity index (χ4n) is 2.32. The summed E-state index contributed by atoms with van der Waals surface area (Å²) >= 11 is 0. The van der Waals surface area contributed by atoms with Crippen molar-refractivity contribution in [2.75, 3.05) is 38.1 Å². The summed E-state index contributed by atoms with van der Waals surface area (Å²) in [5, 5.41) is 6.02. The fraction of sp³-hybridized carbons (Fsp3) is 0.571. The minimum absolute atomic E-state index is 0.0221. The van der Waals surface area contributed by atoms with Crippen molar-refractivity contribution in [3.8, 4) is 0 Å². The second-order valence-corrected chi connectivity index (χ2v) is 4.78. The summed E-state index contributed by atoms with van der Waals surface area (Å²) in [4.78, 5) is 18.8. The summed E-state index contributed by atoms with van der Waals surface area (Å²) in [6.45, 7) is 3.59. The van der Waals surface area contributed by atoms with Crippen LogP contribution in [0.5, 0.6) is 0 Å². The molecular formula is C14H22N4O. The lowest BCUT2D eigenvalue weighted by atomic mass is 10.2. The molecule has 0 bridgehead atoms. The molecule has 0 aromatic carbocycles. The fourth-order valence-corrected chi connectivity index (χ4v) is 2.32. The van der Waals surface area contributed by atoms with Gasteiger partial charge in [0.1, 0.15) is 5.82 Å². The highest BCUT2D eigenvalue weighted by Gasteiger charge is 2.20. The molecule has 0 unspecified atom stereocenters. The van der Waals surface area contributed by atoms with E-state index in [-0.39, 0.29) is 5.91 Å². The van der Waals surface area contributed by atoms with Gasteiger partial charge < -0.3 is 15.5 Å². The molecule has 104 valence electrons. The summed E-state index contributed by atoms with van der Waals surface area (Å²) in [5.74, 6) is 0.803. The van der Waals surface area contributed by atoms with Crippen LogP contribution in [0.4, 0.5) is 5.82 Å². The lowest BCUT2D eigenvalue weighted by Gasteiger charge is -2.19. The van der Waals surface area contributed by atoms with Crippen LogP contribution in [0.2, 0.25) is 0 Å². The first-order chi connectivity index (χ1) is 9.33. The molecule has 1 fully saturated rings. The van der Waals surface area contributed by atoms with Crippen molar-refractivity contribution < 1.29 is 4.79 Å². The van der Waals surface area contributed by atoms with Crippen LogP contribution in [0, 0.1) is 0 Å². The van der Waals surface area contributed by atoms with E-state index in [0.717, 1.165) is 31.9 Å². The molecule has 5 nitrogen and oxygen atoms in total. The molecule has 0 atom stereocenters. The lowest BCUT2D eigenvalue weighted by Crippen LogP contribution is -2.29. The highest BCUT2D eigenvalue weighted by atomic mass is 16.1. The van der Waals surface area contributed by atoms with Crippen LogP contribution in [0.25, 0.3) is 0 Å². The Kier molecular flexibility index (Phi) is 5.15. The van der Waals surface area contributed by atoms with Crippen LogP contribution in [-0.4, -0.2) is 44.1 Å². The number of hydrogen-bond donors (Lipinski definition) is 2. The summed E-state index contributed by atoms with van der Waals surface area (Å²) in [5.41, 5.74) is 0.689. The highest BCUT2D eigenvalue weighted by Crippen LogP contribution is 2.21. The van der Waals surface area contributed by atoms with E-state index in [1.807, 2.05) is 19.2 Å². The minimum Gasteiger partial charge on any atom is -0.356 e. The van der Waals surface area contributed by atoms with Crippen molar-refractivity contribution in [2.24, 2.45) is 0 Å². The topological polar surface area (TPSA) is 57.3 Å². The number of pyridine rings is 1. The molecule has 2 heterocycles. The molecular weight excluding hydrogens is 240 g/mol. The van der Waals surface area contributed by atoms with E-state index >= 15 is 0 Å². The molecule has 1 amide bonds. The van der Waals surface area contributed by atoms with Crippen LogP contribution in [-0.2, 0) is 0 Å². The van der Waals surface area contributed by atoms with Crippen molar-refractivity contribution in [3.05, 3.63) is 23.9 Å². The molecule has 1 aromatic heterocycles. The Morgan fingerprint density at radius 3 is 2.89 bits per heavy atom. The van der Waals surface area contributed by atoms with Crippen LogP contribution in [0.1, 0.15) is 29.6 Å². The second kappa shape index (κ2) is 7.09. The smallest absolute Gasteiger partial charge is 0.255 e. The van der Waals surface area contributed by atoms with Crippen LogP contribution in [0.15, 0.2) is 18.3 Å². The first kappa shape index (κ1) is 13.8. The summed E-state index contributed by atoms with van der Waals surface area (Å²) < 4.78 is 0. The summed E-state index contributed by atoms with van der Waals surface area (Å²) in [6.07, 6.45) is 5.05. The number of nitrogens with one attached hydrogen (secondary N) is 2. The van der Waals surface area contributed by atoms with Crippen LogP contribution >= 0.6 is 0 Å². The maximum Gasteiger partial charge on any atom is 0.255 e. The third kappa shape index (κ3) is 3.67. The monoisotopic (exact) mass is 262 g/mol. The Morgan fingerprint density at radius 1 is 1.37 bits per heavy atom. The molecule has 1 aromatic rings. The molecule has 1 saturated heterocycles. The minimum atomic E-state index is -0.0221. The van der Waals surface area contributed by atoms with Crippen molar-refractivity contribution in [1.29, 1.82) is 0 Å². The molecule has 0 radical (unpaired) electrons. The summed E-state index contributed by atoms with van der Waals surface area (Å²) in [7, 11) is 1.91. The van der Waals surface area contributed by atoms with Gasteiger partial charge in [-0.3, -0.25) is 4.79 Å². The normalized spacial score (nSPS) is 14.7. The van der Waals surface area contributed by atoms with Crippen molar-refractivity contribution in [3.63, 3.8) is 0 Å². The van der Waals surface area contributed by atoms with Gasteiger partial charge in [0.25, 0.3) is 5.91 Å². The van der Waals surface area contributed by atoms with Crippen LogP contribution in [0.3, 0.4) is 0 Å².